The molecule has 2 amide bonds. The fourth-order valence-corrected chi connectivity index (χ4v) is 2.42. The maximum Gasteiger partial charge on any atom is 0.329 e. The Kier molecular flexibility index (Phi) is 6.20. The second kappa shape index (κ2) is 7.45. The van der Waals surface area contributed by atoms with Crippen LogP contribution in [0.3, 0.4) is 0 Å². The van der Waals surface area contributed by atoms with Gasteiger partial charge in [0.15, 0.2) is 0 Å². The second-order valence-corrected chi connectivity index (χ2v) is 6.12. The molecule has 0 radical (unpaired) electrons. The summed E-state index contributed by atoms with van der Waals surface area (Å²) >= 11 is 3.43. The van der Waals surface area contributed by atoms with Crippen molar-refractivity contribution in [3.05, 3.63) is 34.3 Å². The molecule has 1 atom stereocenters. The van der Waals surface area contributed by atoms with Gasteiger partial charge in [-0.15, -0.1) is 0 Å². The Labute approximate surface area is 133 Å². The van der Waals surface area contributed by atoms with E-state index in [1.54, 1.807) is 7.05 Å². The summed E-state index contributed by atoms with van der Waals surface area (Å²) in [4.78, 5) is 25.0. The van der Waals surface area contributed by atoms with Gasteiger partial charge in [-0.2, -0.15) is 0 Å². The Morgan fingerprint density at radius 3 is 2.52 bits per heavy atom. The van der Waals surface area contributed by atoms with Crippen molar-refractivity contribution in [1.82, 2.24) is 10.2 Å². The van der Waals surface area contributed by atoms with Crippen LogP contribution >= 0.6 is 15.9 Å². The van der Waals surface area contributed by atoms with Gasteiger partial charge < -0.3 is 15.3 Å². The number of carbonyl (C=O) groups is 2. The molecule has 5 nitrogen and oxygen atoms in total. The molecule has 0 aliphatic rings. The number of nitrogens with one attached hydrogen (secondary N) is 1. The molecule has 116 valence electrons. The summed E-state index contributed by atoms with van der Waals surface area (Å²) in [5.41, 5.74) is -0.281. The molecule has 1 rings (SSSR count). The van der Waals surface area contributed by atoms with Crippen LogP contribution in [0.2, 0.25) is 0 Å². The first kappa shape index (κ1) is 17.5. The molecule has 0 saturated heterocycles. The zero-order valence-corrected chi connectivity index (χ0v) is 14.1. The van der Waals surface area contributed by atoms with Gasteiger partial charge in [-0.1, -0.05) is 47.5 Å². The van der Waals surface area contributed by atoms with Crippen LogP contribution in [0.25, 0.3) is 0 Å². The Morgan fingerprint density at radius 2 is 2.00 bits per heavy atom. The summed E-state index contributed by atoms with van der Waals surface area (Å²) in [6.07, 6.45) is 1.06. The van der Waals surface area contributed by atoms with E-state index in [9.17, 15) is 14.7 Å². The average Bonchev–Trinajstić information content (AvgIpc) is 2.41. The third-order valence-corrected chi connectivity index (χ3v) is 4.09. The van der Waals surface area contributed by atoms with Crippen LogP contribution in [0.15, 0.2) is 28.7 Å². The first-order valence-electron chi connectivity index (χ1n) is 6.80. The molecule has 2 N–H and O–H groups in total. The fourth-order valence-electron chi connectivity index (χ4n) is 2.01. The van der Waals surface area contributed by atoms with Crippen LogP contribution in [0, 0.1) is 0 Å². The van der Waals surface area contributed by atoms with Crippen molar-refractivity contribution in [2.45, 2.75) is 38.8 Å². The normalized spacial score (nSPS) is 13.3. The minimum Gasteiger partial charge on any atom is -0.480 e. The van der Waals surface area contributed by atoms with Gasteiger partial charge in [0.25, 0.3) is 0 Å². The molecular weight excluding hydrogens is 336 g/mol. The minimum absolute atomic E-state index is 0.386. The van der Waals surface area contributed by atoms with Crippen molar-refractivity contribution >= 4 is 27.9 Å². The van der Waals surface area contributed by atoms with Crippen LogP contribution in [0.1, 0.15) is 32.3 Å². The van der Waals surface area contributed by atoms with E-state index in [1.165, 1.54) is 11.8 Å². The predicted molar refractivity (Wildman–Crippen MR) is 85.1 cm³/mol. The maximum atomic E-state index is 12.2. The number of hydrogen-bond acceptors (Lipinski definition) is 2. The highest BCUT2D eigenvalue weighted by molar-refractivity contribution is 9.10. The molecular formula is C15H21BrN2O3. The molecule has 0 heterocycles. The number of halogens is 1. The summed E-state index contributed by atoms with van der Waals surface area (Å²) < 4.78 is 0.916. The number of hydrogen-bond donors (Lipinski definition) is 2. The zero-order chi connectivity index (χ0) is 16.0. The second-order valence-electron chi connectivity index (χ2n) is 5.26. The van der Waals surface area contributed by atoms with E-state index in [0.717, 1.165) is 10.0 Å². The van der Waals surface area contributed by atoms with Crippen molar-refractivity contribution in [2.24, 2.45) is 0 Å². The van der Waals surface area contributed by atoms with E-state index >= 15 is 0 Å². The van der Waals surface area contributed by atoms with E-state index in [-0.39, 0.29) is 0 Å². The lowest BCUT2D eigenvalue weighted by atomic mass is 9.96. The molecule has 0 saturated carbocycles. The van der Waals surface area contributed by atoms with Crippen molar-refractivity contribution in [1.29, 1.82) is 0 Å². The Balaban J connectivity index is 2.74. The topological polar surface area (TPSA) is 69.6 Å². The number of amides is 2. The number of aliphatic carboxylic acids is 1. The number of rotatable bonds is 6. The van der Waals surface area contributed by atoms with E-state index in [2.05, 4.69) is 21.2 Å². The quantitative estimate of drug-likeness (QED) is 0.821. The van der Waals surface area contributed by atoms with E-state index in [1.807, 2.05) is 31.2 Å². The predicted octanol–water partition coefficient (Wildman–Crippen LogP) is 3.23. The molecule has 0 aliphatic heterocycles. The van der Waals surface area contributed by atoms with E-state index < -0.39 is 17.5 Å². The highest BCUT2D eigenvalue weighted by Gasteiger charge is 2.34. The molecule has 21 heavy (non-hydrogen) atoms. The summed E-state index contributed by atoms with van der Waals surface area (Å²) in [7, 11) is 1.64. The van der Waals surface area contributed by atoms with Crippen molar-refractivity contribution in [2.75, 3.05) is 7.05 Å². The number of carboxylic acids is 1. The summed E-state index contributed by atoms with van der Waals surface area (Å²) in [6, 6.07) is 7.21. The third kappa shape index (κ3) is 4.74. The average molecular weight is 357 g/mol. The fraction of sp³-hybridized carbons (Fsp3) is 0.467. The van der Waals surface area contributed by atoms with Crippen LogP contribution in [0.4, 0.5) is 4.79 Å². The lowest BCUT2D eigenvalue weighted by Crippen LogP contribution is -2.55. The smallest absolute Gasteiger partial charge is 0.329 e. The van der Waals surface area contributed by atoms with E-state index in [4.69, 9.17) is 0 Å². The molecule has 1 aromatic rings. The molecule has 0 bridgehead atoms. The van der Waals surface area contributed by atoms with Gasteiger partial charge in [-0.25, -0.2) is 9.59 Å². The Morgan fingerprint density at radius 1 is 1.38 bits per heavy atom. The molecule has 0 fully saturated rings. The first-order chi connectivity index (χ1) is 9.80. The van der Waals surface area contributed by atoms with Gasteiger partial charge in [0.2, 0.25) is 0 Å². The minimum atomic E-state index is -1.24. The maximum absolute atomic E-state index is 12.2. The summed E-state index contributed by atoms with van der Waals surface area (Å²) in [5, 5.41) is 11.9. The highest BCUT2D eigenvalue weighted by atomic mass is 79.9. The monoisotopic (exact) mass is 356 g/mol. The summed E-state index contributed by atoms with van der Waals surface area (Å²) in [5.74, 6) is -1.02. The molecule has 6 heteroatoms. The number of carboxylic acid groups (broad SMARTS) is 1. The number of nitrogens with zero attached hydrogens (tertiary/aromatic N) is 1. The molecule has 0 aromatic heterocycles. The Hall–Kier alpha value is -1.56. The number of benzene rings is 1. The molecule has 1 unspecified atom stereocenters. The van der Waals surface area contributed by atoms with Crippen molar-refractivity contribution in [3.8, 4) is 0 Å². The molecule has 1 aromatic carbocycles. The Bertz CT molecular complexity index is 521. The van der Waals surface area contributed by atoms with Gasteiger partial charge in [0.1, 0.15) is 5.54 Å². The SMILES string of the molecule is CCCC(C)(NC(=O)N(C)Cc1ccccc1Br)C(=O)O. The van der Waals surface area contributed by atoms with Crippen LogP contribution in [-0.4, -0.2) is 34.6 Å². The number of carbonyl (C=O) groups excluding carboxylic acids is 1. The van der Waals surface area contributed by atoms with Gasteiger partial charge in [0.05, 0.1) is 0 Å². The molecule has 0 aliphatic carbocycles. The van der Waals surface area contributed by atoms with Crippen LogP contribution in [0.5, 0.6) is 0 Å². The van der Waals surface area contributed by atoms with Gasteiger partial charge in [-0.05, 0) is 25.0 Å². The molecule has 0 spiro atoms. The van der Waals surface area contributed by atoms with E-state index in [0.29, 0.717) is 19.4 Å². The lowest BCUT2D eigenvalue weighted by Gasteiger charge is -2.29. The van der Waals surface area contributed by atoms with Crippen LogP contribution < -0.4 is 5.32 Å². The lowest BCUT2D eigenvalue weighted by molar-refractivity contribution is -0.144. The standard InChI is InChI=1S/C15H21BrN2O3/c1-4-9-15(2,13(19)20)17-14(21)18(3)10-11-7-5-6-8-12(11)16/h5-8H,4,9-10H2,1-3H3,(H,17,21)(H,19,20). The van der Waals surface area contributed by atoms with Crippen molar-refractivity contribution < 1.29 is 14.7 Å². The van der Waals surface area contributed by atoms with Gasteiger partial charge >= 0.3 is 12.0 Å². The highest BCUT2D eigenvalue weighted by Crippen LogP contribution is 2.18. The van der Waals surface area contributed by atoms with Gasteiger partial charge in [-0.3, -0.25) is 0 Å². The van der Waals surface area contributed by atoms with Crippen molar-refractivity contribution in [3.63, 3.8) is 0 Å². The third-order valence-electron chi connectivity index (χ3n) is 3.32. The first-order valence-corrected chi connectivity index (χ1v) is 7.59. The number of urea groups is 1. The summed E-state index contributed by atoms with van der Waals surface area (Å²) in [6.45, 7) is 3.82. The zero-order valence-electron chi connectivity index (χ0n) is 12.5. The van der Waals surface area contributed by atoms with Crippen LogP contribution in [-0.2, 0) is 11.3 Å². The largest absolute Gasteiger partial charge is 0.480 e. The van der Waals surface area contributed by atoms with Gasteiger partial charge in [0, 0.05) is 18.1 Å².